The third-order valence-electron chi connectivity index (χ3n) is 8.65. The summed E-state index contributed by atoms with van der Waals surface area (Å²) >= 11 is 0. The monoisotopic (exact) mass is 521 g/mol. The summed E-state index contributed by atoms with van der Waals surface area (Å²) in [7, 11) is 0. The van der Waals surface area contributed by atoms with Gasteiger partial charge in [0.05, 0.1) is 0 Å². The Morgan fingerprint density at radius 1 is 0.459 bits per heavy atom. The second kappa shape index (κ2) is 23.6. The molecule has 0 radical (unpaired) electrons. The molecule has 37 heavy (non-hydrogen) atoms. The van der Waals surface area contributed by atoms with Crippen LogP contribution in [0.5, 0.6) is 0 Å². The van der Waals surface area contributed by atoms with Gasteiger partial charge in [-0.15, -0.1) is 0 Å². The van der Waals surface area contributed by atoms with E-state index in [2.05, 4.69) is 96.9 Å². The first-order chi connectivity index (χ1) is 17.4. The normalized spacial score (nSPS) is 28.9. The average Bonchev–Trinajstić information content (AvgIpc) is 2.85. The zero-order valence-corrected chi connectivity index (χ0v) is 28.8. The van der Waals surface area contributed by atoms with E-state index >= 15 is 0 Å². The van der Waals surface area contributed by atoms with Gasteiger partial charge in [0.25, 0.3) is 0 Å². The molecule has 4 atom stereocenters. The maximum atomic E-state index is 2.44. The van der Waals surface area contributed by atoms with Gasteiger partial charge in [0.15, 0.2) is 0 Å². The van der Waals surface area contributed by atoms with Crippen LogP contribution in [0.15, 0.2) is 11.1 Å². The predicted octanol–water partition coefficient (Wildman–Crippen LogP) is 13.5. The van der Waals surface area contributed by atoms with Gasteiger partial charge in [0.2, 0.25) is 0 Å². The zero-order chi connectivity index (χ0) is 29.0. The van der Waals surface area contributed by atoms with E-state index in [1.807, 2.05) is 11.1 Å². The van der Waals surface area contributed by atoms with Crippen molar-refractivity contribution in [2.45, 2.75) is 180 Å². The molecular formula is C37H76. The van der Waals surface area contributed by atoms with Crippen molar-refractivity contribution in [3.8, 4) is 0 Å². The van der Waals surface area contributed by atoms with Gasteiger partial charge in [-0.3, -0.25) is 0 Å². The van der Waals surface area contributed by atoms with E-state index in [9.17, 15) is 0 Å². The Labute approximate surface area is 238 Å². The van der Waals surface area contributed by atoms with Crippen molar-refractivity contribution < 1.29 is 0 Å². The molecule has 3 aliphatic carbocycles. The van der Waals surface area contributed by atoms with E-state index in [4.69, 9.17) is 0 Å². The van der Waals surface area contributed by atoms with Crippen LogP contribution in [0, 0.1) is 47.3 Å². The minimum Gasteiger partial charge on any atom is -0.0656 e. The van der Waals surface area contributed by atoms with Gasteiger partial charge in [-0.1, -0.05) is 166 Å². The topological polar surface area (TPSA) is 0 Å². The lowest BCUT2D eigenvalue weighted by Crippen LogP contribution is -2.28. The fourth-order valence-electron chi connectivity index (χ4n) is 5.82. The lowest BCUT2D eigenvalue weighted by atomic mass is 9.65. The molecule has 0 aromatic carbocycles. The lowest BCUT2D eigenvalue weighted by molar-refractivity contribution is 0.308. The van der Waals surface area contributed by atoms with Gasteiger partial charge in [-0.2, -0.15) is 0 Å². The zero-order valence-electron chi connectivity index (χ0n) is 28.8. The molecular weight excluding hydrogens is 444 g/mol. The quantitative estimate of drug-likeness (QED) is 0.323. The molecule has 1 saturated carbocycles. The standard InChI is InChI=1S/C14H24.C8H16.C8H18.C4H10.C3H8/c1-9-5-6-11(3)14-12(4)8-7-10(2)13(9)14;1-7-3-5-8(2)6-4-7;1-7(2)5-6-8(3)4;1-3-4-2;1-3-2/h9-12H,5-8H2,1-4H3;7-8H,3-6H2,1-2H3;7-8H,5-6H2,1-4H3;3-4H2,1-2H3;3H2,1-2H3. The number of hydrogen-bond donors (Lipinski definition) is 0. The van der Waals surface area contributed by atoms with Crippen molar-refractivity contribution in [1.29, 1.82) is 0 Å². The molecule has 3 rings (SSSR count). The molecule has 0 bridgehead atoms. The highest BCUT2D eigenvalue weighted by Gasteiger charge is 2.33. The molecule has 1 fully saturated rings. The van der Waals surface area contributed by atoms with Crippen LogP contribution in [0.3, 0.4) is 0 Å². The number of unbranched alkanes of at least 4 members (excludes halogenated alkanes) is 1. The first-order valence-electron chi connectivity index (χ1n) is 17.1. The van der Waals surface area contributed by atoms with Crippen LogP contribution in [0.25, 0.3) is 0 Å². The van der Waals surface area contributed by atoms with E-state index in [0.29, 0.717) is 0 Å². The first-order valence-corrected chi connectivity index (χ1v) is 17.1. The van der Waals surface area contributed by atoms with Crippen molar-refractivity contribution in [3.63, 3.8) is 0 Å². The second-order valence-electron chi connectivity index (χ2n) is 14.1. The number of allylic oxidation sites excluding steroid dienone is 2. The van der Waals surface area contributed by atoms with Crippen molar-refractivity contribution in [2.24, 2.45) is 47.3 Å². The fourth-order valence-corrected chi connectivity index (χ4v) is 5.82. The van der Waals surface area contributed by atoms with Gasteiger partial charge in [0, 0.05) is 0 Å². The van der Waals surface area contributed by atoms with E-state index in [1.165, 1.54) is 83.5 Å². The molecule has 0 aliphatic heterocycles. The molecule has 4 unspecified atom stereocenters. The molecule has 3 aliphatic rings. The molecule has 0 nitrogen and oxygen atoms in total. The van der Waals surface area contributed by atoms with Crippen molar-refractivity contribution in [2.75, 3.05) is 0 Å². The highest BCUT2D eigenvalue weighted by atomic mass is 14.4. The summed E-state index contributed by atoms with van der Waals surface area (Å²) < 4.78 is 0. The maximum absolute atomic E-state index is 2.44. The van der Waals surface area contributed by atoms with E-state index in [0.717, 1.165) is 47.3 Å². The molecule has 0 spiro atoms. The van der Waals surface area contributed by atoms with E-state index < -0.39 is 0 Å². The minimum atomic E-state index is 0.874. The molecule has 0 aromatic heterocycles. The predicted molar refractivity (Wildman–Crippen MR) is 174 cm³/mol. The number of rotatable bonds is 4. The van der Waals surface area contributed by atoms with Crippen LogP contribution in [-0.2, 0) is 0 Å². The fraction of sp³-hybridized carbons (Fsp3) is 0.946. The van der Waals surface area contributed by atoms with E-state index in [-0.39, 0.29) is 0 Å². The van der Waals surface area contributed by atoms with Crippen LogP contribution < -0.4 is 0 Å². The summed E-state index contributed by atoms with van der Waals surface area (Å²) in [6.45, 7) is 32.2. The third kappa shape index (κ3) is 19.4. The van der Waals surface area contributed by atoms with Crippen LogP contribution in [0.2, 0.25) is 0 Å². The summed E-state index contributed by atoms with van der Waals surface area (Å²) in [5.74, 6) is 7.31. The smallest absolute Gasteiger partial charge is 0.0226 e. The maximum Gasteiger partial charge on any atom is -0.0226 e. The third-order valence-corrected chi connectivity index (χ3v) is 8.65. The van der Waals surface area contributed by atoms with Crippen LogP contribution >= 0.6 is 0 Å². The molecule has 0 heteroatoms. The van der Waals surface area contributed by atoms with Crippen LogP contribution in [-0.4, -0.2) is 0 Å². The molecule has 0 saturated heterocycles. The molecule has 0 aromatic rings. The Bertz CT molecular complexity index is 446. The highest BCUT2D eigenvalue weighted by molar-refractivity contribution is 5.28. The van der Waals surface area contributed by atoms with Gasteiger partial charge >= 0.3 is 0 Å². The summed E-state index contributed by atoms with van der Waals surface area (Å²) in [4.78, 5) is 0. The van der Waals surface area contributed by atoms with Crippen molar-refractivity contribution in [3.05, 3.63) is 11.1 Å². The SMILES string of the molecule is CC(C)CCC(C)C.CC1CCC(C)C2=C1C(C)CCC2C.CC1CCC(C)CC1.CCC.CCCC. The average molecular weight is 521 g/mol. The Morgan fingerprint density at radius 3 is 0.838 bits per heavy atom. The van der Waals surface area contributed by atoms with Crippen LogP contribution in [0.4, 0.5) is 0 Å². The molecule has 0 heterocycles. The highest BCUT2D eigenvalue weighted by Crippen LogP contribution is 2.46. The van der Waals surface area contributed by atoms with E-state index in [1.54, 1.807) is 0 Å². The summed E-state index contributed by atoms with van der Waals surface area (Å²) in [6.07, 6.45) is 18.3. The molecule has 0 amide bonds. The van der Waals surface area contributed by atoms with Crippen molar-refractivity contribution in [1.82, 2.24) is 0 Å². The Balaban J connectivity index is 0. The summed E-state index contributed by atoms with van der Waals surface area (Å²) in [6, 6.07) is 0. The second-order valence-corrected chi connectivity index (χ2v) is 14.1. The van der Waals surface area contributed by atoms with Crippen molar-refractivity contribution >= 4 is 0 Å². The first kappa shape index (κ1) is 38.9. The van der Waals surface area contributed by atoms with Gasteiger partial charge in [-0.25, -0.2) is 0 Å². The minimum absolute atomic E-state index is 0.874. The summed E-state index contributed by atoms with van der Waals surface area (Å²) in [5.41, 5.74) is 3.70. The summed E-state index contributed by atoms with van der Waals surface area (Å²) in [5, 5.41) is 0. The number of hydrogen-bond acceptors (Lipinski definition) is 0. The molecule has 224 valence electrons. The van der Waals surface area contributed by atoms with Crippen LogP contribution in [0.1, 0.15) is 180 Å². The Kier molecular flexibility index (Phi) is 24.8. The Hall–Kier alpha value is -0.260. The van der Waals surface area contributed by atoms with Gasteiger partial charge < -0.3 is 0 Å². The Morgan fingerprint density at radius 2 is 0.676 bits per heavy atom. The lowest BCUT2D eigenvalue weighted by Gasteiger charge is -2.41. The largest absolute Gasteiger partial charge is 0.0656 e. The van der Waals surface area contributed by atoms with Gasteiger partial charge in [0.1, 0.15) is 0 Å². The molecule has 0 N–H and O–H groups in total. The van der Waals surface area contributed by atoms with Gasteiger partial charge in [-0.05, 0) is 73.0 Å².